The van der Waals surface area contributed by atoms with E-state index in [4.69, 9.17) is 0 Å². The summed E-state index contributed by atoms with van der Waals surface area (Å²) < 4.78 is 12.8. The lowest BCUT2D eigenvalue weighted by Crippen LogP contribution is -2.23. The van der Waals surface area contributed by atoms with Crippen LogP contribution in [0.25, 0.3) is 0 Å². The van der Waals surface area contributed by atoms with Crippen LogP contribution in [0.3, 0.4) is 0 Å². The van der Waals surface area contributed by atoms with E-state index in [0.29, 0.717) is 0 Å². The molecule has 0 bridgehead atoms. The van der Waals surface area contributed by atoms with Gasteiger partial charge in [-0.05, 0) is 27.7 Å². The SMILES string of the molecule is CC(C)=C1SCC(C)(C)S1=O. The monoisotopic (exact) mass is 190 g/mol. The molecule has 0 amide bonds. The average Bonchev–Trinajstić information content (AvgIpc) is 2.09. The number of thioether (sulfide) groups is 1. The van der Waals surface area contributed by atoms with Gasteiger partial charge in [-0.15, -0.1) is 11.8 Å². The molecule has 11 heavy (non-hydrogen) atoms. The molecule has 0 aliphatic carbocycles. The van der Waals surface area contributed by atoms with Gasteiger partial charge < -0.3 is 0 Å². The zero-order chi connectivity index (χ0) is 8.65. The number of hydrogen-bond acceptors (Lipinski definition) is 2. The lowest BCUT2D eigenvalue weighted by atomic mass is 10.2. The summed E-state index contributed by atoms with van der Waals surface area (Å²) in [6, 6.07) is 0. The van der Waals surface area contributed by atoms with Crippen molar-refractivity contribution >= 4 is 22.6 Å². The maximum atomic E-state index is 11.7. The fourth-order valence-corrected chi connectivity index (χ4v) is 4.45. The van der Waals surface area contributed by atoms with Gasteiger partial charge in [-0.1, -0.05) is 5.57 Å². The van der Waals surface area contributed by atoms with Gasteiger partial charge in [-0.3, -0.25) is 4.21 Å². The Balaban J connectivity index is 2.98. The second kappa shape index (κ2) is 2.94. The minimum absolute atomic E-state index is 0.0166. The van der Waals surface area contributed by atoms with Crippen LogP contribution in [0.15, 0.2) is 9.81 Å². The molecule has 1 aliphatic rings. The van der Waals surface area contributed by atoms with Crippen molar-refractivity contribution in [2.45, 2.75) is 32.4 Å². The first-order chi connectivity index (χ1) is 4.95. The lowest BCUT2D eigenvalue weighted by Gasteiger charge is -2.12. The normalized spacial score (nSPS) is 29.1. The van der Waals surface area contributed by atoms with Crippen LogP contribution in [0.2, 0.25) is 0 Å². The third-order valence-corrected chi connectivity index (χ3v) is 6.05. The highest BCUT2D eigenvalue weighted by Gasteiger charge is 2.36. The molecule has 1 unspecified atom stereocenters. The van der Waals surface area contributed by atoms with E-state index < -0.39 is 10.8 Å². The Bertz CT molecular complexity index is 224. The summed E-state index contributed by atoms with van der Waals surface area (Å²) in [4.78, 5) is 0. The molecule has 0 radical (unpaired) electrons. The van der Waals surface area contributed by atoms with Crippen LogP contribution in [-0.2, 0) is 10.8 Å². The van der Waals surface area contributed by atoms with E-state index in [-0.39, 0.29) is 4.75 Å². The number of rotatable bonds is 0. The largest absolute Gasteiger partial charge is 0.253 e. The topological polar surface area (TPSA) is 17.1 Å². The van der Waals surface area contributed by atoms with Gasteiger partial charge in [0.15, 0.2) is 0 Å². The second-order valence-electron chi connectivity index (χ2n) is 3.60. The smallest absolute Gasteiger partial charge is 0.0708 e. The second-order valence-corrected chi connectivity index (χ2v) is 6.90. The van der Waals surface area contributed by atoms with Gasteiger partial charge >= 0.3 is 0 Å². The summed E-state index contributed by atoms with van der Waals surface area (Å²) in [6.45, 7) is 8.18. The van der Waals surface area contributed by atoms with E-state index in [1.165, 1.54) is 5.57 Å². The zero-order valence-corrected chi connectivity index (χ0v) is 9.06. The molecule has 1 rings (SSSR count). The molecule has 0 aromatic carbocycles. The van der Waals surface area contributed by atoms with Crippen molar-refractivity contribution in [3.05, 3.63) is 9.81 Å². The summed E-state index contributed by atoms with van der Waals surface area (Å²) in [5.41, 5.74) is 1.21. The Hall–Kier alpha value is 0.240. The van der Waals surface area contributed by atoms with E-state index in [0.717, 1.165) is 9.99 Å². The predicted molar refractivity (Wildman–Crippen MR) is 53.1 cm³/mol. The maximum Gasteiger partial charge on any atom is 0.0708 e. The van der Waals surface area contributed by atoms with Crippen molar-refractivity contribution in [3.8, 4) is 0 Å². The highest BCUT2D eigenvalue weighted by molar-refractivity contribution is 8.20. The van der Waals surface area contributed by atoms with Crippen LogP contribution < -0.4 is 0 Å². The quantitative estimate of drug-likeness (QED) is 0.584. The fourth-order valence-electron chi connectivity index (χ4n) is 0.927. The third-order valence-electron chi connectivity index (χ3n) is 1.63. The van der Waals surface area contributed by atoms with Crippen LogP contribution in [0, 0.1) is 0 Å². The molecule has 1 nitrogen and oxygen atoms in total. The summed E-state index contributed by atoms with van der Waals surface area (Å²) in [7, 11) is -0.758. The van der Waals surface area contributed by atoms with Crippen molar-refractivity contribution in [3.63, 3.8) is 0 Å². The Morgan fingerprint density at radius 3 is 2.27 bits per heavy atom. The van der Waals surface area contributed by atoms with Crippen molar-refractivity contribution in [2.75, 3.05) is 5.75 Å². The van der Waals surface area contributed by atoms with Gasteiger partial charge in [-0.25, -0.2) is 0 Å². The molecular formula is C8H14OS2. The Morgan fingerprint density at radius 1 is 1.55 bits per heavy atom. The van der Waals surface area contributed by atoms with Gasteiger partial charge in [0.2, 0.25) is 0 Å². The van der Waals surface area contributed by atoms with Crippen molar-refractivity contribution in [1.82, 2.24) is 0 Å². The number of hydrogen-bond donors (Lipinski definition) is 0. The van der Waals surface area contributed by atoms with Gasteiger partial charge in [0.25, 0.3) is 0 Å². The van der Waals surface area contributed by atoms with E-state index in [9.17, 15) is 4.21 Å². The summed E-state index contributed by atoms with van der Waals surface area (Å²) in [5, 5.41) is 0. The van der Waals surface area contributed by atoms with E-state index in [1.807, 2.05) is 13.8 Å². The molecule has 64 valence electrons. The first-order valence-corrected chi connectivity index (χ1v) is 5.81. The molecule has 1 fully saturated rings. The molecule has 1 saturated heterocycles. The van der Waals surface area contributed by atoms with Crippen molar-refractivity contribution in [1.29, 1.82) is 0 Å². The Kier molecular flexibility index (Phi) is 2.49. The predicted octanol–water partition coefficient (Wildman–Crippen LogP) is 2.51. The fraction of sp³-hybridized carbons (Fsp3) is 0.750. The van der Waals surface area contributed by atoms with Crippen LogP contribution in [0.1, 0.15) is 27.7 Å². The summed E-state index contributed by atoms with van der Waals surface area (Å²) >= 11 is 1.74. The van der Waals surface area contributed by atoms with E-state index in [1.54, 1.807) is 11.8 Å². The maximum absolute atomic E-state index is 11.7. The van der Waals surface area contributed by atoms with E-state index in [2.05, 4.69) is 13.8 Å². The Labute approximate surface area is 75.1 Å². The molecule has 0 aromatic rings. The van der Waals surface area contributed by atoms with Crippen molar-refractivity contribution < 1.29 is 4.21 Å². The molecule has 3 heteroatoms. The van der Waals surface area contributed by atoms with Crippen molar-refractivity contribution in [2.24, 2.45) is 0 Å². The summed E-state index contributed by atoms with van der Waals surface area (Å²) in [6.07, 6.45) is 0. The molecule has 1 heterocycles. The highest BCUT2D eigenvalue weighted by Crippen LogP contribution is 2.40. The van der Waals surface area contributed by atoms with E-state index >= 15 is 0 Å². The Morgan fingerprint density at radius 2 is 2.09 bits per heavy atom. The molecule has 0 spiro atoms. The standard InChI is InChI=1S/C8H14OS2/c1-6(2)7-10-5-8(3,4)11(7)9/h5H2,1-4H3. The molecule has 0 aromatic heterocycles. The lowest BCUT2D eigenvalue weighted by molar-refractivity contribution is 0.661. The first kappa shape index (κ1) is 9.33. The van der Waals surface area contributed by atoms with Crippen LogP contribution in [0.5, 0.6) is 0 Å². The summed E-state index contributed by atoms with van der Waals surface area (Å²) in [5.74, 6) is 0.986. The van der Waals surface area contributed by atoms with Crippen LogP contribution >= 0.6 is 11.8 Å². The average molecular weight is 190 g/mol. The van der Waals surface area contributed by atoms with Gasteiger partial charge in [0.1, 0.15) is 0 Å². The zero-order valence-electron chi connectivity index (χ0n) is 7.43. The molecule has 1 aliphatic heterocycles. The first-order valence-electron chi connectivity index (χ1n) is 3.67. The van der Waals surface area contributed by atoms with Crippen LogP contribution in [-0.4, -0.2) is 14.7 Å². The molecule has 0 saturated carbocycles. The van der Waals surface area contributed by atoms with Gasteiger partial charge in [0.05, 0.1) is 19.8 Å². The molecule has 1 atom stereocenters. The number of allylic oxidation sites excluding steroid dienone is 1. The minimum atomic E-state index is -0.758. The minimum Gasteiger partial charge on any atom is -0.253 e. The van der Waals surface area contributed by atoms with Gasteiger partial charge in [0, 0.05) is 5.75 Å². The highest BCUT2D eigenvalue weighted by atomic mass is 32.2. The van der Waals surface area contributed by atoms with Crippen LogP contribution in [0.4, 0.5) is 0 Å². The third kappa shape index (κ3) is 1.70. The van der Waals surface area contributed by atoms with Gasteiger partial charge in [-0.2, -0.15) is 0 Å². The molecular weight excluding hydrogens is 176 g/mol. The molecule has 0 N–H and O–H groups in total.